The minimum Gasteiger partial charge on any atom is -0.493 e. The van der Waals surface area contributed by atoms with Crippen molar-refractivity contribution in [1.29, 1.82) is 0 Å². The van der Waals surface area contributed by atoms with E-state index in [-0.39, 0.29) is 0 Å². The van der Waals surface area contributed by atoms with Crippen LogP contribution in [0, 0.1) is 3.57 Å². The van der Waals surface area contributed by atoms with Crippen molar-refractivity contribution in [1.82, 2.24) is 4.98 Å². The number of pyridine rings is 1. The number of benzene rings is 2. The fourth-order valence-electron chi connectivity index (χ4n) is 3.31. The summed E-state index contributed by atoms with van der Waals surface area (Å²) in [5.74, 6) is 1.88. The molecule has 0 aliphatic carbocycles. The number of hydrogen-bond donors (Lipinski definition) is 2. The molecule has 2 aromatic carbocycles. The Morgan fingerprint density at radius 3 is 2.66 bits per heavy atom. The molecule has 148 valence electrons. The second kappa shape index (κ2) is 8.20. The van der Waals surface area contributed by atoms with Crippen LogP contribution < -0.4 is 25.4 Å². The van der Waals surface area contributed by atoms with Crippen molar-refractivity contribution in [3.8, 4) is 11.5 Å². The molecule has 0 atom stereocenters. The number of nitrogens with one attached hydrogen (secondary N) is 1. The second-order valence-corrected chi connectivity index (χ2v) is 7.82. The molecule has 0 saturated carbocycles. The van der Waals surface area contributed by atoms with Crippen LogP contribution in [0.3, 0.4) is 0 Å². The van der Waals surface area contributed by atoms with Gasteiger partial charge in [-0.05, 0) is 59.0 Å². The predicted molar refractivity (Wildman–Crippen MR) is 126 cm³/mol. The maximum Gasteiger partial charge on any atom is 0.162 e. The van der Waals surface area contributed by atoms with Crippen LogP contribution in [0.15, 0.2) is 54.7 Å². The van der Waals surface area contributed by atoms with Crippen molar-refractivity contribution < 1.29 is 9.47 Å². The first kappa shape index (κ1) is 19.4. The summed E-state index contributed by atoms with van der Waals surface area (Å²) in [5.41, 5.74) is 11.0. The van der Waals surface area contributed by atoms with E-state index >= 15 is 0 Å². The van der Waals surface area contributed by atoms with Gasteiger partial charge in [-0.1, -0.05) is 6.07 Å². The van der Waals surface area contributed by atoms with E-state index in [0.717, 1.165) is 31.9 Å². The second-order valence-electron chi connectivity index (χ2n) is 6.58. The molecule has 0 unspecified atom stereocenters. The van der Waals surface area contributed by atoms with Gasteiger partial charge in [0.1, 0.15) is 5.82 Å². The van der Waals surface area contributed by atoms with Crippen molar-refractivity contribution in [2.75, 3.05) is 30.2 Å². The molecule has 7 heteroatoms. The van der Waals surface area contributed by atoms with E-state index in [1.165, 1.54) is 0 Å². The molecule has 1 aliphatic heterocycles. The molecule has 6 nitrogen and oxygen atoms in total. The average molecular weight is 500 g/mol. The lowest BCUT2D eigenvalue weighted by molar-refractivity contribution is 0.355. The van der Waals surface area contributed by atoms with Gasteiger partial charge >= 0.3 is 0 Å². The van der Waals surface area contributed by atoms with Crippen molar-refractivity contribution in [2.45, 2.75) is 6.54 Å². The summed E-state index contributed by atoms with van der Waals surface area (Å²) in [7, 11) is 3.27. The van der Waals surface area contributed by atoms with Crippen molar-refractivity contribution >= 4 is 51.5 Å². The van der Waals surface area contributed by atoms with Crippen LogP contribution >= 0.6 is 22.6 Å². The van der Waals surface area contributed by atoms with Gasteiger partial charge in [0.05, 0.1) is 26.5 Å². The molecule has 3 aromatic rings. The Balaban J connectivity index is 1.68. The molecule has 29 heavy (non-hydrogen) atoms. The van der Waals surface area contributed by atoms with Crippen LogP contribution in [0.5, 0.6) is 11.5 Å². The van der Waals surface area contributed by atoms with E-state index in [0.29, 0.717) is 23.9 Å². The van der Waals surface area contributed by atoms with Gasteiger partial charge in [0.15, 0.2) is 11.5 Å². The number of nitrogens with two attached hydrogens (primary N) is 1. The number of hydrogen-bond acceptors (Lipinski definition) is 6. The third-order valence-corrected chi connectivity index (χ3v) is 5.39. The number of rotatable bonds is 5. The van der Waals surface area contributed by atoms with Gasteiger partial charge < -0.3 is 25.4 Å². The molecule has 1 aliphatic rings. The molecule has 0 saturated heterocycles. The zero-order valence-corrected chi connectivity index (χ0v) is 18.3. The number of fused-ring (bicyclic) bond motifs is 1. The highest BCUT2D eigenvalue weighted by Gasteiger charge is 2.19. The number of methoxy groups -OCH3 is 2. The Morgan fingerprint density at radius 1 is 1.07 bits per heavy atom. The van der Waals surface area contributed by atoms with Crippen LogP contribution in [0.25, 0.3) is 6.08 Å². The van der Waals surface area contributed by atoms with Crippen LogP contribution in [0.4, 0.5) is 22.9 Å². The lowest BCUT2D eigenvalue weighted by atomic mass is 10.1. The molecule has 1 aromatic heterocycles. The number of aromatic nitrogens is 1. The minimum absolute atomic E-state index is 0.487. The van der Waals surface area contributed by atoms with E-state index in [1.54, 1.807) is 14.2 Å². The molecular weight excluding hydrogens is 479 g/mol. The highest BCUT2D eigenvalue weighted by molar-refractivity contribution is 14.1. The molecule has 0 spiro atoms. The predicted octanol–water partition coefficient (Wildman–Crippen LogP) is 5.02. The highest BCUT2D eigenvalue weighted by Crippen LogP contribution is 2.36. The van der Waals surface area contributed by atoms with Crippen molar-refractivity contribution in [3.63, 3.8) is 0 Å². The maximum atomic E-state index is 6.05. The maximum absolute atomic E-state index is 6.05. The van der Waals surface area contributed by atoms with E-state index in [1.807, 2.05) is 48.7 Å². The Labute approximate surface area is 183 Å². The first-order chi connectivity index (χ1) is 14.1. The van der Waals surface area contributed by atoms with Crippen LogP contribution in [-0.2, 0) is 6.54 Å². The van der Waals surface area contributed by atoms with Gasteiger partial charge in [-0.15, -0.1) is 0 Å². The smallest absolute Gasteiger partial charge is 0.162 e. The molecule has 0 bridgehead atoms. The zero-order valence-electron chi connectivity index (χ0n) is 16.1. The summed E-state index contributed by atoms with van der Waals surface area (Å²) in [4.78, 5) is 6.64. The monoisotopic (exact) mass is 500 g/mol. The lowest BCUT2D eigenvalue weighted by Crippen LogP contribution is -2.21. The first-order valence-corrected chi connectivity index (χ1v) is 10.1. The van der Waals surface area contributed by atoms with Crippen LogP contribution in [-0.4, -0.2) is 19.2 Å². The third kappa shape index (κ3) is 4.09. The molecule has 0 radical (unpaired) electrons. The van der Waals surface area contributed by atoms with E-state index in [2.05, 4.69) is 49.9 Å². The normalized spacial score (nSPS) is 12.4. The molecule has 4 rings (SSSR count). The van der Waals surface area contributed by atoms with Gasteiger partial charge in [0.25, 0.3) is 0 Å². The average Bonchev–Trinajstić information content (AvgIpc) is 2.73. The standard InChI is InChI=1S/C22H21IN4O2/c1-28-20-7-6-16(11-21(20)29-2)27-9-8-18-17(13-27)19(12-22(24)26-18)25-15-5-3-4-14(23)10-15/h3-12H,13H2,1-2H3,(H3,24,25,26). The minimum atomic E-state index is 0.487. The van der Waals surface area contributed by atoms with Crippen molar-refractivity contribution in [3.05, 3.63) is 69.6 Å². The van der Waals surface area contributed by atoms with E-state index < -0.39 is 0 Å². The SMILES string of the molecule is COc1ccc(N2C=Cc3nc(N)cc(Nc4cccc(I)c4)c3C2)cc1OC. The van der Waals surface area contributed by atoms with Gasteiger partial charge in [0, 0.05) is 44.5 Å². The van der Waals surface area contributed by atoms with Gasteiger partial charge in [-0.25, -0.2) is 4.98 Å². The Bertz CT molecular complexity index is 1080. The topological polar surface area (TPSA) is 72.6 Å². The van der Waals surface area contributed by atoms with Gasteiger partial charge in [-0.3, -0.25) is 0 Å². The summed E-state index contributed by atoms with van der Waals surface area (Å²) in [6.07, 6.45) is 3.98. The summed E-state index contributed by atoms with van der Waals surface area (Å²) >= 11 is 2.30. The molecule has 2 heterocycles. The third-order valence-electron chi connectivity index (χ3n) is 4.72. The van der Waals surface area contributed by atoms with Crippen molar-refractivity contribution in [2.24, 2.45) is 0 Å². The molecule has 3 N–H and O–H groups in total. The fraction of sp³-hybridized carbons (Fsp3) is 0.136. The first-order valence-electron chi connectivity index (χ1n) is 9.06. The summed E-state index contributed by atoms with van der Waals surface area (Å²) in [6.45, 7) is 0.654. The summed E-state index contributed by atoms with van der Waals surface area (Å²) in [5, 5.41) is 3.50. The molecule has 0 fully saturated rings. The largest absolute Gasteiger partial charge is 0.493 e. The number of anilines is 4. The van der Waals surface area contributed by atoms with Crippen LogP contribution in [0.1, 0.15) is 11.3 Å². The molecule has 0 amide bonds. The highest BCUT2D eigenvalue weighted by atomic mass is 127. The quantitative estimate of drug-likeness (QED) is 0.480. The lowest BCUT2D eigenvalue weighted by Gasteiger charge is -2.27. The Hall–Kier alpha value is -2.94. The summed E-state index contributed by atoms with van der Waals surface area (Å²) < 4.78 is 12.0. The number of nitrogens with zero attached hydrogens (tertiary/aromatic N) is 2. The Morgan fingerprint density at radius 2 is 1.90 bits per heavy atom. The van der Waals surface area contributed by atoms with Gasteiger partial charge in [0.2, 0.25) is 0 Å². The van der Waals surface area contributed by atoms with Crippen LogP contribution in [0.2, 0.25) is 0 Å². The van der Waals surface area contributed by atoms with Gasteiger partial charge in [-0.2, -0.15) is 0 Å². The number of nitrogen functional groups attached to an aromatic ring is 1. The molecular formula is C22H21IN4O2. The number of halogens is 1. The number of ether oxygens (including phenoxy) is 2. The Kier molecular flexibility index (Phi) is 5.48. The van der Waals surface area contributed by atoms with E-state index in [9.17, 15) is 0 Å². The van der Waals surface area contributed by atoms with E-state index in [4.69, 9.17) is 15.2 Å². The summed E-state index contributed by atoms with van der Waals surface area (Å²) in [6, 6.07) is 16.0. The fourth-order valence-corrected chi connectivity index (χ4v) is 3.86. The zero-order chi connectivity index (χ0) is 20.4.